The average Bonchev–Trinajstić information content (AvgIpc) is 2.87. The van der Waals surface area contributed by atoms with Gasteiger partial charge in [-0.3, -0.25) is 0 Å². The molecule has 21 heavy (non-hydrogen) atoms. The molecule has 0 amide bonds. The van der Waals surface area contributed by atoms with Crippen LogP contribution >= 0.6 is 0 Å². The quantitative estimate of drug-likeness (QED) is 0.772. The van der Waals surface area contributed by atoms with Crippen molar-refractivity contribution in [2.75, 3.05) is 4.72 Å². The molecule has 1 N–H and O–H groups in total. The molecule has 3 aromatic rings. The van der Waals surface area contributed by atoms with Crippen LogP contribution in [0.5, 0.6) is 0 Å². The number of nitrogens with zero attached hydrogens (tertiary/aromatic N) is 5. The summed E-state index contributed by atoms with van der Waals surface area (Å²) in [4.78, 5) is 4.28. The van der Waals surface area contributed by atoms with Crippen LogP contribution in [0.4, 0.5) is 5.95 Å². The van der Waals surface area contributed by atoms with Gasteiger partial charge in [0.1, 0.15) is 0 Å². The highest BCUT2D eigenvalue weighted by Gasteiger charge is 2.17. The molecule has 0 aliphatic heterocycles. The minimum atomic E-state index is -3.75. The molecule has 8 nitrogen and oxygen atoms in total. The molecule has 3 rings (SSSR count). The lowest BCUT2D eigenvalue weighted by Gasteiger charge is -2.08. The highest BCUT2D eigenvalue weighted by atomic mass is 32.2. The Morgan fingerprint density at radius 3 is 2.57 bits per heavy atom. The van der Waals surface area contributed by atoms with Crippen LogP contribution in [0, 0.1) is 13.8 Å². The van der Waals surface area contributed by atoms with E-state index in [-0.39, 0.29) is 10.8 Å². The van der Waals surface area contributed by atoms with E-state index >= 15 is 0 Å². The first-order valence-electron chi connectivity index (χ1n) is 6.11. The van der Waals surface area contributed by atoms with E-state index in [2.05, 4.69) is 25.2 Å². The Hall–Kier alpha value is -2.55. The number of hydrogen-bond acceptors (Lipinski definition) is 6. The van der Waals surface area contributed by atoms with Gasteiger partial charge in [0, 0.05) is 11.8 Å². The van der Waals surface area contributed by atoms with Crippen molar-refractivity contribution in [3.05, 3.63) is 41.6 Å². The molecule has 0 radical (unpaired) electrons. The number of rotatable bonds is 3. The Bertz CT molecular complexity index is 901. The second kappa shape index (κ2) is 4.77. The predicted octanol–water partition coefficient (Wildman–Crippen LogP) is 0.937. The molecule has 2 aromatic heterocycles. The maximum atomic E-state index is 12.4. The molecule has 108 valence electrons. The molecule has 9 heteroatoms. The predicted molar refractivity (Wildman–Crippen MR) is 75.3 cm³/mol. The Morgan fingerprint density at radius 1 is 1.14 bits per heavy atom. The molecule has 0 atom stereocenters. The monoisotopic (exact) mass is 304 g/mol. The Kier molecular flexibility index (Phi) is 3.05. The maximum absolute atomic E-state index is 12.4. The molecule has 0 aliphatic carbocycles. The van der Waals surface area contributed by atoms with E-state index in [0.29, 0.717) is 11.3 Å². The Balaban J connectivity index is 2.05. The number of hydrogen-bond donors (Lipinski definition) is 1. The van der Waals surface area contributed by atoms with E-state index < -0.39 is 10.0 Å². The first-order chi connectivity index (χ1) is 9.95. The third-order valence-corrected chi connectivity index (χ3v) is 4.22. The third-order valence-electron chi connectivity index (χ3n) is 2.87. The molecular formula is C12H12N6O2S. The number of benzene rings is 1. The van der Waals surface area contributed by atoms with Crippen LogP contribution in [0.15, 0.2) is 35.2 Å². The molecule has 1 aromatic carbocycles. The lowest BCUT2D eigenvalue weighted by Crippen LogP contribution is -2.17. The SMILES string of the molecule is Cc1ccc(S(=O)(=O)Nc2nc(C)cc3nnnn23)cc1. The van der Waals surface area contributed by atoms with Crippen LogP contribution < -0.4 is 4.72 Å². The minimum Gasteiger partial charge on any atom is -0.247 e. The lowest BCUT2D eigenvalue weighted by molar-refractivity contribution is 0.600. The van der Waals surface area contributed by atoms with Gasteiger partial charge in [-0.1, -0.05) is 17.7 Å². The van der Waals surface area contributed by atoms with Crippen molar-refractivity contribution in [3.8, 4) is 0 Å². The van der Waals surface area contributed by atoms with Crippen LogP contribution in [0.25, 0.3) is 5.65 Å². The molecule has 0 fully saturated rings. The number of tetrazole rings is 1. The highest BCUT2D eigenvalue weighted by Crippen LogP contribution is 2.16. The number of sulfonamides is 1. The lowest BCUT2D eigenvalue weighted by atomic mass is 10.2. The summed E-state index contributed by atoms with van der Waals surface area (Å²) in [5.41, 5.74) is 2.01. The summed E-state index contributed by atoms with van der Waals surface area (Å²) in [6.07, 6.45) is 0. The van der Waals surface area contributed by atoms with Crippen LogP contribution in [0.1, 0.15) is 11.3 Å². The highest BCUT2D eigenvalue weighted by molar-refractivity contribution is 7.92. The van der Waals surface area contributed by atoms with Crippen LogP contribution in [0.3, 0.4) is 0 Å². The zero-order valence-electron chi connectivity index (χ0n) is 11.3. The summed E-state index contributed by atoms with van der Waals surface area (Å²) in [6, 6.07) is 8.17. The van der Waals surface area contributed by atoms with Gasteiger partial charge in [-0.05, 0) is 36.4 Å². The molecule has 0 aliphatic rings. The molecule has 0 unspecified atom stereocenters. The van der Waals surface area contributed by atoms with Crippen molar-refractivity contribution in [1.82, 2.24) is 25.0 Å². The van der Waals surface area contributed by atoms with Crippen molar-refractivity contribution >= 4 is 21.6 Å². The number of anilines is 1. The summed E-state index contributed by atoms with van der Waals surface area (Å²) >= 11 is 0. The van der Waals surface area contributed by atoms with Gasteiger partial charge in [0.2, 0.25) is 5.95 Å². The van der Waals surface area contributed by atoms with Crippen molar-refractivity contribution in [2.45, 2.75) is 18.7 Å². The Labute approximate surface area is 120 Å². The second-order valence-electron chi connectivity index (χ2n) is 4.59. The number of fused-ring (bicyclic) bond motifs is 1. The normalized spacial score (nSPS) is 11.7. The van der Waals surface area contributed by atoms with E-state index in [1.807, 2.05) is 6.92 Å². The van der Waals surface area contributed by atoms with Crippen molar-refractivity contribution in [2.24, 2.45) is 0 Å². The van der Waals surface area contributed by atoms with Crippen molar-refractivity contribution in [3.63, 3.8) is 0 Å². The van der Waals surface area contributed by atoms with Gasteiger partial charge in [-0.2, -0.15) is 4.52 Å². The van der Waals surface area contributed by atoms with Crippen LogP contribution in [0.2, 0.25) is 0 Å². The Morgan fingerprint density at radius 2 is 1.86 bits per heavy atom. The van der Waals surface area contributed by atoms with Crippen LogP contribution in [-0.2, 0) is 10.0 Å². The van der Waals surface area contributed by atoms with Gasteiger partial charge < -0.3 is 0 Å². The van der Waals surface area contributed by atoms with E-state index in [4.69, 9.17) is 0 Å². The van der Waals surface area contributed by atoms with Gasteiger partial charge in [0.05, 0.1) is 4.90 Å². The number of nitrogens with one attached hydrogen (secondary N) is 1. The molecular weight excluding hydrogens is 292 g/mol. The van der Waals surface area contributed by atoms with Gasteiger partial charge in [0.25, 0.3) is 10.0 Å². The van der Waals surface area contributed by atoms with E-state index in [9.17, 15) is 8.42 Å². The fourth-order valence-electron chi connectivity index (χ4n) is 1.83. The standard InChI is InChI=1S/C12H12N6O2S/c1-8-3-5-10(6-4-8)21(19,20)15-12-13-9(2)7-11-14-16-17-18(11)12/h3-7H,1-2H3,(H,13,15). The van der Waals surface area contributed by atoms with E-state index in [1.54, 1.807) is 25.1 Å². The summed E-state index contributed by atoms with van der Waals surface area (Å²) < 4.78 is 28.4. The first kappa shape index (κ1) is 13.4. The largest absolute Gasteiger partial charge is 0.264 e. The van der Waals surface area contributed by atoms with E-state index in [1.165, 1.54) is 16.6 Å². The average molecular weight is 304 g/mol. The molecule has 0 saturated heterocycles. The molecule has 0 spiro atoms. The maximum Gasteiger partial charge on any atom is 0.264 e. The zero-order valence-corrected chi connectivity index (χ0v) is 12.2. The van der Waals surface area contributed by atoms with E-state index in [0.717, 1.165) is 5.56 Å². The van der Waals surface area contributed by atoms with Crippen molar-refractivity contribution < 1.29 is 8.42 Å². The summed E-state index contributed by atoms with van der Waals surface area (Å²) in [5, 5.41) is 11.0. The van der Waals surface area contributed by atoms with Gasteiger partial charge in [0.15, 0.2) is 5.65 Å². The molecule has 0 bridgehead atoms. The smallest absolute Gasteiger partial charge is 0.247 e. The fourth-order valence-corrected chi connectivity index (χ4v) is 2.82. The molecule has 2 heterocycles. The first-order valence-corrected chi connectivity index (χ1v) is 7.59. The van der Waals surface area contributed by atoms with Crippen LogP contribution in [-0.4, -0.2) is 33.4 Å². The molecule has 0 saturated carbocycles. The van der Waals surface area contributed by atoms with Gasteiger partial charge >= 0.3 is 0 Å². The minimum absolute atomic E-state index is 0.0515. The summed E-state index contributed by atoms with van der Waals surface area (Å²) in [5.74, 6) is 0.0515. The van der Waals surface area contributed by atoms with Gasteiger partial charge in [-0.15, -0.1) is 5.10 Å². The number of aromatic nitrogens is 5. The summed E-state index contributed by atoms with van der Waals surface area (Å²) in [7, 11) is -3.75. The third kappa shape index (κ3) is 2.55. The zero-order chi connectivity index (χ0) is 15.0. The second-order valence-corrected chi connectivity index (χ2v) is 6.27. The number of aryl methyl sites for hydroxylation is 2. The topological polar surface area (TPSA) is 102 Å². The fraction of sp³-hybridized carbons (Fsp3) is 0.167. The summed E-state index contributed by atoms with van der Waals surface area (Å²) in [6.45, 7) is 3.62. The van der Waals surface area contributed by atoms with Crippen molar-refractivity contribution in [1.29, 1.82) is 0 Å². The van der Waals surface area contributed by atoms with Gasteiger partial charge in [-0.25, -0.2) is 18.1 Å².